The number of hydrogen-bond donors (Lipinski definition) is 1. The predicted octanol–water partition coefficient (Wildman–Crippen LogP) is 5.94. The molecule has 0 aliphatic heterocycles. The Labute approximate surface area is 137 Å². The molecule has 1 atom stereocenters. The molecule has 0 heterocycles. The van der Waals surface area contributed by atoms with Crippen molar-refractivity contribution in [2.45, 2.75) is 103 Å². The monoisotopic (exact) mass is 316 g/mol. The third-order valence-electron chi connectivity index (χ3n) is 3.90. The van der Waals surface area contributed by atoms with Gasteiger partial charge in [-0.25, -0.2) is 0 Å². The molecule has 0 aromatic heterocycles. The first kappa shape index (κ1) is 20.8. The Hall–Kier alpha value is -0.180. The quantitative estimate of drug-likeness (QED) is 0.230. The highest BCUT2D eigenvalue weighted by Gasteiger charge is 2.11. The molecule has 0 rings (SSSR count). The molecule has 0 aromatic rings. The lowest BCUT2D eigenvalue weighted by Gasteiger charge is -2.16. The van der Waals surface area contributed by atoms with Crippen LogP contribution in [-0.2, 0) is 9.53 Å². The van der Waals surface area contributed by atoms with Gasteiger partial charge < -0.3 is 4.74 Å². The first-order valence-corrected chi connectivity index (χ1v) is 9.62. The van der Waals surface area contributed by atoms with E-state index in [1.165, 1.54) is 77.6 Å². The zero-order valence-electron chi connectivity index (χ0n) is 14.2. The van der Waals surface area contributed by atoms with Gasteiger partial charge in [0.05, 0.1) is 0 Å². The molecule has 3 heteroatoms. The van der Waals surface area contributed by atoms with Crippen LogP contribution in [-0.4, -0.2) is 17.8 Å². The van der Waals surface area contributed by atoms with Crippen molar-refractivity contribution in [2.75, 3.05) is 5.75 Å². The van der Waals surface area contributed by atoms with E-state index in [0.717, 1.165) is 18.6 Å². The third-order valence-corrected chi connectivity index (χ3v) is 4.21. The Morgan fingerprint density at radius 1 is 0.857 bits per heavy atom. The SMILES string of the molecule is CCCCCC(CCCCCCCCCCS)OC(C)=O. The van der Waals surface area contributed by atoms with E-state index in [0.29, 0.717) is 0 Å². The molecular weight excluding hydrogens is 280 g/mol. The second kappa shape index (κ2) is 16.2. The molecule has 0 aliphatic rings. The second-order valence-corrected chi connectivity index (χ2v) is 6.52. The van der Waals surface area contributed by atoms with E-state index in [1.807, 2.05) is 0 Å². The normalized spacial score (nSPS) is 12.3. The summed E-state index contributed by atoms with van der Waals surface area (Å²) < 4.78 is 5.42. The zero-order chi connectivity index (χ0) is 15.8. The molecule has 0 saturated carbocycles. The molecular formula is C18H36O2S. The van der Waals surface area contributed by atoms with Crippen LogP contribution in [0.1, 0.15) is 97.3 Å². The summed E-state index contributed by atoms with van der Waals surface area (Å²) >= 11 is 4.23. The Kier molecular flexibility index (Phi) is 16.1. The predicted molar refractivity (Wildman–Crippen MR) is 95.1 cm³/mol. The molecule has 0 radical (unpaired) electrons. The largest absolute Gasteiger partial charge is 0.463 e. The molecule has 2 nitrogen and oxygen atoms in total. The number of carbonyl (C=O) groups is 1. The number of rotatable bonds is 15. The van der Waals surface area contributed by atoms with Crippen molar-refractivity contribution >= 4 is 18.6 Å². The highest BCUT2D eigenvalue weighted by molar-refractivity contribution is 7.80. The molecule has 0 fully saturated rings. The van der Waals surface area contributed by atoms with Gasteiger partial charge in [0.1, 0.15) is 6.10 Å². The maximum absolute atomic E-state index is 11.1. The average Bonchev–Trinajstić information content (AvgIpc) is 2.45. The molecule has 0 spiro atoms. The molecule has 0 amide bonds. The van der Waals surface area contributed by atoms with E-state index in [2.05, 4.69) is 19.6 Å². The van der Waals surface area contributed by atoms with Crippen LogP contribution in [0.2, 0.25) is 0 Å². The Morgan fingerprint density at radius 3 is 1.81 bits per heavy atom. The third kappa shape index (κ3) is 16.0. The standard InChI is InChI=1S/C18H36O2S/c1-3-4-11-14-18(20-17(2)19)15-12-9-7-5-6-8-10-13-16-21/h18,21H,3-16H2,1-2H3. The van der Waals surface area contributed by atoms with Gasteiger partial charge in [0, 0.05) is 6.92 Å². The zero-order valence-corrected chi connectivity index (χ0v) is 15.1. The minimum Gasteiger partial charge on any atom is -0.463 e. The van der Waals surface area contributed by atoms with E-state index >= 15 is 0 Å². The summed E-state index contributed by atoms with van der Waals surface area (Å²) in [5, 5.41) is 0. The van der Waals surface area contributed by atoms with Crippen LogP contribution in [0.15, 0.2) is 0 Å². The minimum atomic E-state index is -0.124. The highest BCUT2D eigenvalue weighted by atomic mass is 32.1. The van der Waals surface area contributed by atoms with Gasteiger partial charge >= 0.3 is 5.97 Å². The summed E-state index contributed by atoms with van der Waals surface area (Å²) in [5.41, 5.74) is 0. The topological polar surface area (TPSA) is 26.3 Å². The molecule has 0 bridgehead atoms. The van der Waals surface area contributed by atoms with Crippen LogP contribution in [0.3, 0.4) is 0 Å². The van der Waals surface area contributed by atoms with Crippen LogP contribution < -0.4 is 0 Å². The summed E-state index contributed by atoms with van der Waals surface area (Å²) in [4.78, 5) is 11.1. The Bertz CT molecular complexity index is 231. The Balaban J connectivity index is 3.51. The van der Waals surface area contributed by atoms with E-state index in [9.17, 15) is 4.79 Å². The van der Waals surface area contributed by atoms with Crippen molar-refractivity contribution < 1.29 is 9.53 Å². The van der Waals surface area contributed by atoms with Crippen LogP contribution in [0.25, 0.3) is 0 Å². The molecule has 0 saturated heterocycles. The fourth-order valence-corrected chi connectivity index (χ4v) is 2.89. The number of unbranched alkanes of at least 4 members (excludes halogenated alkanes) is 9. The fourth-order valence-electron chi connectivity index (χ4n) is 2.66. The summed E-state index contributed by atoms with van der Waals surface area (Å²) in [6.07, 6.45) is 16.3. The van der Waals surface area contributed by atoms with Gasteiger partial charge in [-0.3, -0.25) is 4.79 Å². The summed E-state index contributed by atoms with van der Waals surface area (Å²) in [6, 6.07) is 0. The summed E-state index contributed by atoms with van der Waals surface area (Å²) in [6.45, 7) is 3.73. The van der Waals surface area contributed by atoms with Crippen LogP contribution in [0, 0.1) is 0 Å². The first-order valence-electron chi connectivity index (χ1n) is 8.98. The van der Waals surface area contributed by atoms with Crippen LogP contribution in [0.4, 0.5) is 0 Å². The number of thiol groups is 1. The van der Waals surface area contributed by atoms with Gasteiger partial charge in [-0.1, -0.05) is 58.3 Å². The number of hydrogen-bond acceptors (Lipinski definition) is 3. The van der Waals surface area contributed by atoms with Gasteiger partial charge in [0.2, 0.25) is 0 Å². The van der Waals surface area contributed by atoms with Crippen LogP contribution in [0.5, 0.6) is 0 Å². The van der Waals surface area contributed by atoms with E-state index in [-0.39, 0.29) is 12.1 Å². The van der Waals surface area contributed by atoms with Crippen LogP contribution >= 0.6 is 12.6 Å². The van der Waals surface area contributed by atoms with Gasteiger partial charge in [-0.05, 0) is 37.9 Å². The van der Waals surface area contributed by atoms with Crippen molar-refractivity contribution in [3.05, 3.63) is 0 Å². The first-order chi connectivity index (χ1) is 10.2. The van der Waals surface area contributed by atoms with Crippen molar-refractivity contribution in [3.63, 3.8) is 0 Å². The fraction of sp³-hybridized carbons (Fsp3) is 0.944. The van der Waals surface area contributed by atoms with Crippen molar-refractivity contribution in [1.82, 2.24) is 0 Å². The van der Waals surface area contributed by atoms with Gasteiger partial charge in [0.25, 0.3) is 0 Å². The maximum atomic E-state index is 11.1. The number of carbonyl (C=O) groups excluding carboxylic acids is 1. The van der Waals surface area contributed by atoms with Gasteiger partial charge in [-0.2, -0.15) is 12.6 Å². The van der Waals surface area contributed by atoms with Crippen molar-refractivity contribution in [2.24, 2.45) is 0 Å². The average molecular weight is 317 g/mol. The van der Waals surface area contributed by atoms with Crippen molar-refractivity contribution in [1.29, 1.82) is 0 Å². The lowest BCUT2D eigenvalue weighted by Crippen LogP contribution is -2.16. The molecule has 0 N–H and O–H groups in total. The van der Waals surface area contributed by atoms with E-state index in [1.54, 1.807) is 0 Å². The second-order valence-electron chi connectivity index (χ2n) is 6.07. The van der Waals surface area contributed by atoms with E-state index < -0.39 is 0 Å². The Morgan fingerprint density at radius 2 is 1.33 bits per heavy atom. The minimum absolute atomic E-state index is 0.124. The maximum Gasteiger partial charge on any atom is 0.302 e. The summed E-state index contributed by atoms with van der Waals surface area (Å²) in [7, 11) is 0. The van der Waals surface area contributed by atoms with Gasteiger partial charge in [-0.15, -0.1) is 0 Å². The lowest BCUT2D eigenvalue weighted by atomic mass is 10.0. The number of esters is 1. The number of ether oxygens (including phenoxy) is 1. The molecule has 0 aliphatic carbocycles. The summed E-state index contributed by atoms with van der Waals surface area (Å²) in [5.74, 6) is 0.899. The lowest BCUT2D eigenvalue weighted by molar-refractivity contribution is -0.147. The molecule has 126 valence electrons. The molecule has 21 heavy (non-hydrogen) atoms. The van der Waals surface area contributed by atoms with E-state index in [4.69, 9.17) is 4.74 Å². The highest BCUT2D eigenvalue weighted by Crippen LogP contribution is 2.16. The molecule has 0 aromatic carbocycles. The molecule has 1 unspecified atom stereocenters. The smallest absolute Gasteiger partial charge is 0.302 e. The van der Waals surface area contributed by atoms with Crippen molar-refractivity contribution in [3.8, 4) is 0 Å². The van der Waals surface area contributed by atoms with Gasteiger partial charge in [0.15, 0.2) is 0 Å².